The highest BCUT2D eigenvalue weighted by Gasteiger charge is 2.34. The number of likely N-dealkylation sites (N-methyl/N-ethyl adjacent to an activating group) is 1. The summed E-state index contributed by atoms with van der Waals surface area (Å²) in [6.45, 7) is 1.90. The van der Waals surface area contributed by atoms with Crippen molar-refractivity contribution < 1.29 is 22.7 Å². The lowest BCUT2D eigenvalue weighted by atomic mass is 9.88. The Morgan fingerprint density at radius 2 is 1.79 bits per heavy atom. The lowest BCUT2D eigenvalue weighted by Crippen LogP contribution is -2.41. The van der Waals surface area contributed by atoms with Crippen molar-refractivity contribution in [3.8, 4) is 11.5 Å². The number of H-pyrrole nitrogens is 1. The first-order valence-corrected chi connectivity index (χ1v) is 10.4. The number of rotatable bonds is 3. The van der Waals surface area contributed by atoms with E-state index in [-0.39, 0.29) is 0 Å². The fourth-order valence-corrected chi connectivity index (χ4v) is 4.32. The molecule has 9 heteroatoms. The van der Waals surface area contributed by atoms with E-state index in [2.05, 4.69) is 17.3 Å². The molecule has 2 aliphatic heterocycles. The van der Waals surface area contributed by atoms with Gasteiger partial charge < -0.3 is 19.9 Å². The van der Waals surface area contributed by atoms with Crippen LogP contribution in [0.15, 0.2) is 59.4 Å². The topological polar surface area (TPSA) is 74.4 Å². The maximum atomic E-state index is 12.9. The van der Waals surface area contributed by atoms with Gasteiger partial charge in [-0.3, -0.25) is 9.59 Å². The van der Waals surface area contributed by atoms with E-state index in [0.717, 1.165) is 24.7 Å². The molecular weight excluding hydrogens is 435 g/mol. The maximum Gasteiger partial charge on any atom is 0.431 e. The summed E-state index contributed by atoms with van der Waals surface area (Å²) < 4.78 is 44.7. The first-order valence-electron chi connectivity index (χ1n) is 10.4. The molecule has 1 aromatic heterocycles. The number of nitrogens with one attached hydrogen (secondary N) is 2. The van der Waals surface area contributed by atoms with Crippen LogP contribution in [-0.2, 0) is 6.18 Å². The highest BCUT2D eigenvalue weighted by Crippen LogP contribution is 2.44. The number of amides is 1. The van der Waals surface area contributed by atoms with Gasteiger partial charge in [0.05, 0.1) is 6.04 Å². The Morgan fingerprint density at radius 3 is 2.48 bits per heavy atom. The van der Waals surface area contributed by atoms with E-state index >= 15 is 0 Å². The van der Waals surface area contributed by atoms with Gasteiger partial charge in [-0.15, -0.1) is 0 Å². The van der Waals surface area contributed by atoms with Gasteiger partial charge in [-0.05, 0) is 36.9 Å². The van der Waals surface area contributed by atoms with Crippen molar-refractivity contribution in [1.29, 1.82) is 0 Å². The van der Waals surface area contributed by atoms with Crippen molar-refractivity contribution in [3.05, 3.63) is 92.9 Å². The minimum atomic E-state index is -4.71. The average molecular weight is 455 g/mol. The number of hydrogen-bond donors (Lipinski definition) is 2. The Kier molecular flexibility index (Phi) is 5.01. The molecule has 33 heavy (non-hydrogen) atoms. The number of aromatic nitrogens is 1. The molecule has 0 aliphatic carbocycles. The van der Waals surface area contributed by atoms with Crippen LogP contribution >= 0.6 is 0 Å². The van der Waals surface area contributed by atoms with Gasteiger partial charge in [-0.2, -0.15) is 13.2 Å². The lowest BCUT2D eigenvalue weighted by molar-refractivity contribution is -0.141. The molecule has 5 rings (SSSR count). The van der Waals surface area contributed by atoms with Crippen LogP contribution in [-0.4, -0.2) is 35.9 Å². The predicted octanol–water partition coefficient (Wildman–Crippen LogP) is 4.05. The van der Waals surface area contributed by atoms with Gasteiger partial charge >= 0.3 is 6.18 Å². The summed E-state index contributed by atoms with van der Waals surface area (Å²) in [5.41, 5.74) is -0.176. The molecule has 0 spiro atoms. The van der Waals surface area contributed by atoms with Crippen LogP contribution in [0.3, 0.4) is 0 Å². The normalized spacial score (nSPS) is 18.0. The zero-order chi connectivity index (χ0) is 23.3. The number of para-hydroxylation sites is 1. The standard InChI is InChI=1S/C24H20F3N3O3/c1-30-11-14(12-30)13-6-7-16-19(10-13)33-18-5-3-2-4-15(18)21(16)29-23(32)17-8-9-20(24(25,26)27)28-22(17)31/h2-10,14,21H,11-12H2,1H3,(H,28,31)(H,29,32). The average Bonchev–Trinajstić information content (AvgIpc) is 2.75. The third kappa shape index (κ3) is 3.89. The number of hydrogen-bond acceptors (Lipinski definition) is 4. The van der Waals surface area contributed by atoms with Crippen molar-refractivity contribution in [2.24, 2.45) is 0 Å². The minimum Gasteiger partial charge on any atom is -0.457 e. The zero-order valence-corrected chi connectivity index (χ0v) is 17.6. The molecule has 1 atom stereocenters. The van der Waals surface area contributed by atoms with Gasteiger partial charge in [0.1, 0.15) is 22.8 Å². The van der Waals surface area contributed by atoms with E-state index in [9.17, 15) is 22.8 Å². The monoisotopic (exact) mass is 455 g/mol. The molecule has 1 amide bonds. The van der Waals surface area contributed by atoms with Crippen LogP contribution in [0.1, 0.15) is 44.7 Å². The Morgan fingerprint density at radius 1 is 1.06 bits per heavy atom. The molecule has 0 radical (unpaired) electrons. The molecule has 1 fully saturated rings. The fourth-order valence-electron chi connectivity index (χ4n) is 4.32. The third-order valence-corrected chi connectivity index (χ3v) is 6.07. The summed E-state index contributed by atoms with van der Waals surface area (Å²) in [5, 5.41) is 2.80. The Hall–Kier alpha value is -3.59. The number of nitrogens with zero attached hydrogens (tertiary/aromatic N) is 1. The summed E-state index contributed by atoms with van der Waals surface area (Å²) in [7, 11) is 2.05. The van der Waals surface area contributed by atoms with Crippen LogP contribution in [0.4, 0.5) is 13.2 Å². The number of carbonyl (C=O) groups is 1. The molecule has 2 aromatic carbocycles. The molecule has 3 heterocycles. The molecule has 2 aliphatic rings. The number of carbonyl (C=O) groups excluding carboxylic acids is 1. The van der Waals surface area contributed by atoms with Gasteiger partial charge in [0.15, 0.2) is 0 Å². The number of likely N-dealkylation sites (tertiary alicyclic amines) is 1. The van der Waals surface area contributed by atoms with E-state index in [0.29, 0.717) is 34.6 Å². The third-order valence-electron chi connectivity index (χ3n) is 6.07. The molecule has 0 saturated carbocycles. The van der Waals surface area contributed by atoms with Crippen molar-refractivity contribution in [2.45, 2.75) is 18.1 Å². The lowest BCUT2D eigenvalue weighted by Gasteiger charge is -2.37. The predicted molar refractivity (Wildman–Crippen MR) is 115 cm³/mol. The van der Waals surface area contributed by atoms with Crippen molar-refractivity contribution in [1.82, 2.24) is 15.2 Å². The highest BCUT2D eigenvalue weighted by molar-refractivity contribution is 5.94. The Bertz CT molecular complexity index is 1300. The summed E-state index contributed by atoms with van der Waals surface area (Å²) in [5.74, 6) is 0.800. The van der Waals surface area contributed by atoms with E-state index in [4.69, 9.17) is 4.74 Å². The molecular formula is C24H20F3N3O3. The Balaban J connectivity index is 1.48. The largest absolute Gasteiger partial charge is 0.457 e. The van der Waals surface area contributed by atoms with Crippen LogP contribution < -0.4 is 15.6 Å². The first-order chi connectivity index (χ1) is 15.7. The van der Waals surface area contributed by atoms with Crippen LogP contribution in [0.25, 0.3) is 0 Å². The van der Waals surface area contributed by atoms with Crippen LogP contribution in [0.2, 0.25) is 0 Å². The van der Waals surface area contributed by atoms with Gasteiger partial charge in [-0.1, -0.05) is 30.3 Å². The zero-order valence-electron chi connectivity index (χ0n) is 17.6. The van der Waals surface area contributed by atoms with E-state index < -0.39 is 34.9 Å². The molecule has 3 aromatic rings. The SMILES string of the molecule is CN1CC(c2ccc3c(c2)Oc2ccccc2C3NC(=O)c2ccc(C(F)(F)F)[nH]c2=O)C1. The molecule has 1 unspecified atom stereocenters. The number of alkyl halides is 3. The van der Waals surface area contributed by atoms with Gasteiger partial charge in [-0.25, -0.2) is 0 Å². The second kappa shape index (κ2) is 7.77. The van der Waals surface area contributed by atoms with Gasteiger partial charge in [0.2, 0.25) is 0 Å². The quantitative estimate of drug-likeness (QED) is 0.625. The summed E-state index contributed by atoms with van der Waals surface area (Å²) >= 11 is 0. The fraction of sp³-hybridized carbons (Fsp3) is 0.250. The second-order valence-corrected chi connectivity index (χ2v) is 8.37. The maximum absolute atomic E-state index is 12.9. The smallest absolute Gasteiger partial charge is 0.431 e. The number of aromatic amines is 1. The van der Waals surface area contributed by atoms with Crippen molar-refractivity contribution in [3.63, 3.8) is 0 Å². The van der Waals surface area contributed by atoms with Crippen molar-refractivity contribution >= 4 is 5.91 Å². The van der Waals surface area contributed by atoms with E-state index in [1.165, 1.54) is 0 Å². The molecule has 2 N–H and O–H groups in total. The number of benzene rings is 2. The number of pyridine rings is 1. The second-order valence-electron chi connectivity index (χ2n) is 8.37. The molecule has 6 nitrogen and oxygen atoms in total. The van der Waals surface area contributed by atoms with E-state index in [1.54, 1.807) is 23.2 Å². The number of halogens is 3. The first kappa shape index (κ1) is 21.3. The van der Waals surface area contributed by atoms with Gasteiger partial charge in [0, 0.05) is 30.1 Å². The van der Waals surface area contributed by atoms with Gasteiger partial charge in [0.25, 0.3) is 11.5 Å². The van der Waals surface area contributed by atoms with Crippen molar-refractivity contribution in [2.75, 3.05) is 20.1 Å². The van der Waals surface area contributed by atoms with Crippen LogP contribution in [0, 0.1) is 0 Å². The highest BCUT2D eigenvalue weighted by atomic mass is 19.4. The summed E-state index contributed by atoms with van der Waals surface area (Å²) in [6.07, 6.45) is -4.71. The molecule has 1 saturated heterocycles. The minimum absolute atomic E-state index is 0.400. The Labute approximate surface area is 187 Å². The van der Waals surface area contributed by atoms with Crippen LogP contribution in [0.5, 0.6) is 11.5 Å². The molecule has 170 valence electrons. The summed E-state index contributed by atoms with van der Waals surface area (Å²) in [4.78, 5) is 29.1. The van der Waals surface area contributed by atoms with E-state index in [1.807, 2.05) is 24.3 Å². The number of ether oxygens (including phenoxy) is 1. The summed E-state index contributed by atoms with van der Waals surface area (Å²) in [6, 6.07) is 14.0. The number of fused-ring (bicyclic) bond motifs is 2. The molecule has 0 bridgehead atoms.